The molecule has 1 aromatic heterocycles. The molecule has 0 saturated carbocycles. The number of aryl methyl sites for hydroxylation is 1. The predicted molar refractivity (Wildman–Crippen MR) is 67.3 cm³/mol. The quantitative estimate of drug-likeness (QED) is 0.441. The van der Waals surface area contributed by atoms with E-state index < -0.39 is 40.3 Å². The van der Waals surface area contributed by atoms with Crippen LogP contribution in [0.15, 0.2) is 17.3 Å². The minimum Gasteiger partial charge on any atom is -0.258 e. The lowest BCUT2D eigenvalue weighted by atomic mass is 10.3. The van der Waals surface area contributed by atoms with Crippen molar-refractivity contribution in [2.75, 3.05) is 11.5 Å². The summed E-state index contributed by atoms with van der Waals surface area (Å²) in [5.74, 6) is -1.49. The lowest BCUT2D eigenvalue weighted by Gasteiger charge is -2.05. The van der Waals surface area contributed by atoms with E-state index in [-0.39, 0.29) is 11.3 Å². The van der Waals surface area contributed by atoms with Gasteiger partial charge >= 0.3 is 0 Å². The van der Waals surface area contributed by atoms with Crippen LogP contribution in [0.1, 0.15) is 5.56 Å². The first-order chi connectivity index (χ1) is 8.53. The molecule has 0 amide bonds. The van der Waals surface area contributed by atoms with Crippen LogP contribution in [0.4, 0.5) is 5.69 Å². The van der Waals surface area contributed by atoms with E-state index in [9.17, 15) is 26.9 Å². The van der Waals surface area contributed by atoms with E-state index in [1.807, 2.05) is 0 Å². The molecule has 0 fully saturated rings. The minimum atomic E-state index is -3.96. The maximum atomic E-state index is 11.8. The van der Waals surface area contributed by atoms with Gasteiger partial charge in [0.05, 0.1) is 16.4 Å². The molecule has 1 aromatic rings. The molecule has 1 heterocycles. The highest BCUT2D eigenvalue weighted by atomic mass is 35.7. The van der Waals surface area contributed by atoms with Crippen LogP contribution in [-0.4, -0.2) is 38.2 Å². The zero-order chi connectivity index (χ0) is 14.8. The van der Waals surface area contributed by atoms with Crippen LogP contribution in [0.25, 0.3) is 0 Å². The van der Waals surface area contributed by atoms with Gasteiger partial charge in [0.15, 0.2) is 14.9 Å². The summed E-state index contributed by atoms with van der Waals surface area (Å²) in [5, 5.41) is 10.1. The van der Waals surface area contributed by atoms with Crippen LogP contribution in [0.2, 0.25) is 0 Å². The Kier molecular flexibility index (Phi) is 4.48. The average Bonchev–Trinajstić information content (AvgIpc) is 2.25. The Balaban J connectivity index is 3.12. The molecule has 0 bridgehead atoms. The van der Waals surface area contributed by atoms with Gasteiger partial charge in [-0.1, -0.05) is 0 Å². The summed E-state index contributed by atoms with van der Waals surface area (Å²) in [4.78, 5) is 13.3. The molecule has 19 heavy (non-hydrogen) atoms. The van der Waals surface area contributed by atoms with E-state index in [1.54, 1.807) is 0 Å². The van der Waals surface area contributed by atoms with Gasteiger partial charge in [0.2, 0.25) is 9.05 Å². The standard InChI is InChI=1S/C8H9ClN2O6S2/c1-6-4-7(11(12)13)5-10-8(6)18(14,15)2-3-19(9,16)17/h4-5H,2-3H2,1H3. The Morgan fingerprint density at radius 1 is 1.32 bits per heavy atom. The predicted octanol–water partition coefficient (Wildman–Crippen LogP) is 0.641. The van der Waals surface area contributed by atoms with Crippen molar-refractivity contribution in [3.63, 3.8) is 0 Å². The van der Waals surface area contributed by atoms with Gasteiger partial charge in [-0.25, -0.2) is 21.8 Å². The van der Waals surface area contributed by atoms with Crippen molar-refractivity contribution in [3.8, 4) is 0 Å². The maximum Gasteiger partial charge on any atom is 0.287 e. The second-order valence-corrected chi connectivity index (χ2v) is 8.56. The van der Waals surface area contributed by atoms with E-state index in [1.165, 1.54) is 6.92 Å². The third kappa shape index (κ3) is 4.40. The molecule has 0 aliphatic rings. The zero-order valence-electron chi connectivity index (χ0n) is 9.61. The molecule has 0 aliphatic heterocycles. The van der Waals surface area contributed by atoms with Gasteiger partial charge in [-0.05, 0) is 12.5 Å². The Morgan fingerprint density at radius 3 is 2.32 bits per heavy atom. The average molecular weight is 329 g/mol. The number of halogens is 1. The van der Waals surface area contributed by atoms with Gasteiger partial charge in [0.1, 0.15) is 6.20 Å². The van der Waals surface area contributed by atoms with E-state index in [4.69, 9.17) is 10.7 Å². The second-order valence-electron chi connectivity index (χ2n) is 3.63. The molecular weight excluding hydrogens is 320 g/mol. The number of nitrogens with zero attached hydrogens (tertiary/aromatic N) is 2. The third-order valence-corrected chi connectivity index (χ3v) is 5.29. The summed E-state index contributed by atoms with van der Waals surface area (Å²) in [6, 6.07) is 1.05. The molecule has 0 N–H and O–H groups in total. The molecule has 11 heteroatoms. The SMILES string of the molecule is Cc1cc([N+](=O)[O-])cnc1S(=O)(=O)CCS(=O)(=O)Cl. The molecule has 0 unspecified atom stereocenters. The largest absolute Gasteiger partial charge is 0.287 e. The summed E-state index contributed by atoms with van der Waals surface area (Å²) < 4.78 is 45.1. The van der Waals surface area contributed by atoms with Crippen molar-refractivity contribution in [1.82, 2.24) is 4.98 Å². The highest BCUT2D eigenvalue weighted by Gasteiger charge is 2.23. The number of sulfone groups is 1. The molecule has 0 spiro atoms. The molecule has 0 radical (unpaired) electrons. The van der Waals surface area contributed by atoms with E-state index in [0.717, 1.165) is 12.3 Å². The van der Waals surface area contributed by atoms with Crippen LogP contribution in [0.5, 0.6) is 0 Å². The number of pyridine rings is 1. The number of hydrogen-bond donors (Lipinski definition) is 0. The van der Waals surface area contributed by atoms with Gasteiger partial charge < -0.3 is 0 Å². The normalized spacial score (nSPS) is 12.3. The van der Waals surface area contributed by atoms with Crippen molar-refractivity contribution in [1.29, 1.82) is 0 Å². The summed E-state index contributed by atoms with van der Waals surface area (Å²) in [5.41, 5.74) is -0.275. The minimum absolute atomic E-state index is 0.0705. The molecule has 0 aromatic carbocycles. The molecule has 0 saturated heterocycles. The van der Waals surface area contributed by atoms with Crippen LogP contribution in [0.3, 0.4) is 0 Å². The van der Waals surface area contributed by atoms with E-state index in [2.05, 4.69) is 4.98 Å². The first-order valence-electron chi connectivity index (χ1n) is 4.79. The van der Waals surface area contributed by atoms with Gasteiger partial charge in [-0.15, -0.1) is 0 Å². The Hall–Kier alpha value is -1.26. The topological polar surface area (TPSA) is 124 Å². The number of hydrogen-bond acceptors (Lipinski definition) is 7. The summed E-state index contributed by atoms with van der Waals surface area (Å²) in [6.07, 6.45) is 0.801. The lowest BCUT2D eigenvalue weighted by Crippen LogP contribution is -2.16. The molecule has 106 valence electrons. The lowest BCUT2D eigenvalue weighted by molar-refractivity contribution is -0.385. The summed E-state index contributed by atoms with van der Waals surface area (Å²) in [6.45, 7) is 1.34. The summed E-state index contributed by atoms with van der Waals surface area (Å²) >= 11 is 0. The Bertz CT molecular complexity index is 713. The zero-order valence-corrected chi connectivity index (χ0v) is 12.0. The third-order valence-electron chi connectivity index (χ3n) is 2.12. The highest BCUT2D eigenvalue weighted by molar-refractivity contribution is 8.14. The molecule has 8 nitrogen and oxygen atoms in total. The highest BCUT2D eigenvalue weighted by Crippen LogP contribution is 2.19. The van der Waals surface area contributed by atoms with Crippen molar-refractivity contribution >= 4 is 35.3 Å². The second kappa shape index (κ2) is 5.39. The van der Waals surface area contributed by atoms with Crippen molar-refractivity contribution in [3.05, 3.63) is 27.9 Å². The van der Waals surface area contributed by atoms with Crippen molar-refractivity contribution in [2.24, 2.45) is 0 Å². The molecule has 0 aliphatic carbocycles. The van der Waals surface area contributed by atoms with Crippen LogP contribution in [0, 0.1) is 17.0 Å². The smallest absolute Gasteiger partial charge is 0.258 e. The van der Waals surface area contributed by atoms with Gasteiger partial charge in [-0.2, -0.15) is 0 Å². The Labute approximate surface area is 113 Å². The van der Waals surface area contributed by atoms with Crippen molar-refractivity contribution < 1.29 is 21.8 Å². The molecule has 1 rings (SSSR count). The fourth-order valence-electron chi connectivity index (χ4n) is 1.28. The van der Waals surface area contributed by atoms with Crippen molar-refractivity contribution in [2.45, 2.75) is 11.9 Å². The fourth-order valence-corrected chi connectivity index (χ4v) is 4.48. The molecular formula is C8H9ClN2O6S2. The number of rotatable bonds is 5. The Morgan fingerprint density at radius 2 is 1.89 bits per heavy atom. The van der Waals surface area contributed by atoms with Crippen LogP contribution < -0.4 is 0 Å². The van der Waals surface area contributed by atoms with Crippen LogP contribution in [-0.2, 0) is 18.9 Å². The van der Waals surface area contributed by atoms with Gasteiger partial charge in [0, 0.05) is 16.7 Å². The van der Waals surface area contributed by atoms with E-state index >= 15 is 0 Å². The first kappa shape index (κ1) is 15.8. The fraction of sp³-hybridized carbons (Fsp3) is 0.375. The van der Waals surface area contributed by atoms with Crippen LogP contribution >= 0.6 is 10.7 Å². The monoisotopic (exact) mass is 328 g/mol. The maximum absolute atomic E-state index is 11.8. The number of nitro groups is 1. The van der Waals surface area contributed by atoms with Gasteiger partial charge in [0.25, 0.3) is 5.69 Å². The number of aromatic nitrogens is 1. The summed E-state index contributed by atoms with van der Waals surface area (Å²) in [7, 11) is -2.98. The van der Waals surface area contributed by atoms with E-state index in [0.29, 0.717) is 0 Å². The molecule has 0 atom stereocenters. The van der Waals surface area contributed by atoms with Gasteiger partial charge in [-0.3, -0.25) is 10.1 Å². The first-order valence-corrected chi connectivity index (χ1v) is 8.92.